The van der Waals surface area contributed by atoms with E-state index in [4.69, 9.17) is 9.47 Å². The molecule has 0 aliphatic rings. The topological polar surface area (TPSA) is 72.8 Å². The van der Waals surface area contributed by atoms with Gasteiger partial charge in [-0.15, -0.1) is 10.3 Å². The van der Waals surface area contributed by atoms with E-state index in [1.165, 1.54) is 89.9 Å². The van der Waals surface area contributed by atoms with E-state index in [0.717, 1.165) is 48.7 Å². The van der Waals surface area contributed by atoms with Crippen LogP contribution in [-0.4, -0.2) is 70.4 Å². The van der Waals surface area contributed by atoms with Gasteiger partial charge in [0.25, 0.3) is 0 Å². The molecule has 0 bridgehead atoms. The van der Waals surface area contributed by atoms with Crippen LogP contribution in [0.5, 0.6) is 11.5 Å². The number of benzene rings is 2. The lowest BCUT2D eigenvalue weighted by Gasteiger charge is -2.34. The number of ether oxygens (including phenoxy) is 2. The van der Waals surface area contributed by atoms with E-state index in [2.05, 4.69) is 20.8 Å². The summed E-state index contributed by atoms with van der Waals surface area (Å²) in [7, 11) is -1.68. The molecule has 0 aliphatic heterocycles. The van der Waals surface area contributed by atoms with Gasteiger partial charge in [0, 0.05) is 24.3 Å². The van der Waals surface area contributed by atoms with Crippen LogP contribution in [0.3, 0.4) is 0 Å². The second-order valence-corrected chi connectivity index (χ2v) is 20.3. The van der Waals surface area contributed by atoms with Crippen molar-refractivity contribution >= 4 is 33.6 Å². The highest BCUT2D eigenvalue weighted by Gasteiger charge is 2.38. The molecule has 0 aliphatic carbocycles. The summed E-state index contributed by atoms with van der Waals surface area (Å²) < 4.78 is 96.2. The van der Waals surface area contributed by atoms with E-state index in [9.17, 15) is 40.5 Å². The molecule has 2 rings (SSSR count). The molecule has 0 heterocycles. The maximum absolute atomic E-state index is 12.3. The Labute approximate surface area is 369 Å². The Morgan fingerprint density at radius 3 is 1.26 bits per heavy atom. The molecule has 61 heavy (non-hydrogen) atoms. The summed E-state index contributed by atoms with van der Waals surface area (Å²) in [6.45, 7) is 7.66. The Morgan fingerprint density at radius 1 is 0.508 bits per heavy atom. The molecule has 1 N–H and O–H groups in total. The molecule has 13 heteroatoms. The van der Waals surface area contributed by atoms with Crippen LogP contribution in [0.4, 0.5) is 26.3 Å². The average Bonchev–Trinajstić information content (AvgIpc) is 3.23. The summed E-state index contributed by atoms with van der Waals surface area (Å²) in [6, 6.07) is 13.7. The molecule has 0 saturated carbocycles. The van der Waals surface area contributed by atoms with Crippen LogP contribution in [-0.2, 0) is 22.4 Å². The van der Waals surface area contributed by atoms with Crippen molar-refractivity contribution in [2.24, 2.45) is 0 Å². The Bertz CT molecular complexity index is 1370. The third kappa shape index (κ3) is 30.4. The van der Waals surface area contributed by atoms with Gasteiger partial charge in [0.1, 0.15) is 11.5 Å². The van der Waals surface area contributed by atoms with Crippen molar-refractivity contribution < 1.29 is 50.0 Å². The van der Waals surface area contributed by atoms with Crippen molar-refractivity contribution in [3.8, 4) is 11.5 Å². The molecular weight excluding hydrogens is 835 g/mol. The van der Waals surface area contributed by atoms with Gasteiger partial charge in [-0.3, -0.25) is 9.59 Å². The SMILES string of the molecule is CCCCCCCCCCCCSCCOc1ccc(CCC(=O)C(F)(F)F)cc1.CCCCCCS(O)(CCCCCC)CCOc1ccc(CCC(=O)C(F)(F)F)cc1. The van der Waals surface area contributed by atoms with E-state index in [1.54, 1.807) is 48.5 Å². The normalized spacial score (nSPS) is 12.2. The van der Waals surface area contributed by atoms with E-state index in [0.29, 0.717) is 41.6 Å². The van der Waals surface area contributed by atoms with Crippen molar-refractivity contribution in [3.05, 3.63) is 59.7 Å². The third-order valence-corrected chi connectivity index (χ3v) is 14.4. The van der Waals surface area contributed by atoms with Gasteiger partial charge in [-0.05, 0) is 84.8 Å². The molecular formula is C48H76F6O5S2. The lowest BCUT2D eigenvalue weighted by molar-refractivity contribution is -0.171. The summed E-state index contributed by atoms with van der Waals surface area (Å²) in [6.07, 6.45) is 12.2. The third-order valence-electron chi connectivity index (χ3n) is 10.4. The lowest BCUT2D eigenvalue weighted by atomic mass is 10.1. The quantitative estimate of drug-likeness (QED) is 0.0549. The second kappa shape index (κ2) is 34.1. The highest BCUT2D eigenvalue weighted by Crippen LogP contribution is 2.45. The molecule has 0 unspecified atom stereocenters. The van der Waals surface area contributed by atoms with Gasteiger partial charge in [-0.1, -0.05) is 141 Å². The highest BCUT2D eigenvalue weighted by molar-refractivity contribution is 8.29. The monoisotopic (exact) mass is 911 g/mol. The smallest absolute Gasteiger partial charge is 0.449 e. The molecule has 5 nitrogen and oxygen atoms in total. The number of ketones is 2. The summed E-state index contributed by atoms with van der Waals surface area (Å²) in [5.41, 5.74) is 1.37. The maximum Gasteiger partial charge on any atom is 0.449 e. The summed E-state index contributed by atoms with van der Waals surface area (Å²) in [5.74, 6) is 2.43. The average molecular weight is 911 g/mol. The summed E-state index contributed by atoms with van der Waals surface area (Å²) in [5, 5.41) is 0. The Balaban J connectivity index is 0.000000610. The summed E-state index contributed by atoms with van der Waals surface area (Å²) >= 11 is 1.90. The first kappa shape index (κ1) is 56.6. The van der Waals surface area contributed by atoms with E-state index in [1.807, 2.05) is 11.8 Å². The number of thioether (sulfide) groups is 1. The van der Waals surface area contributed by atoms with Crippen molar-refractivity contribution in [1.82, 2.24) is 0 Å². The molecule has 2 aromatic carbocycles. The van der Waals surface area contributed by atoms with Crippen molar-refractivity contribution in [1.29, 1.82) is 0 Å². The molecule has 0 spiro atoms. The van der Waals surface area contributed by atoms with Crippen LogP contribution in [0.1, 0.15) is 160 Å². The number of rotatable bonds is 35. The molecule has 2 aromatic rings. The van der Waals surface area contributed by atoms with Crippen LogP contribution in [0.2, 0.25) is 0 Å². The zero-order valence-corrected chi connectivity index (χ0v) is 38.9. The van der Waals surface area contributed by atoms with Crippen LogP contribution in [0.25, 0.3) is 0 Å². The number of carbonyl (C=O) groups is 2. The van der Waals surface area contributed by atoms with Crippen LogP contribution >= 0.6 is 22.1 Å². The predicted octanol–water partition coefficient (Wildman–Crippen LogP) is 15.4. The first-order valence-corrected chi connectivity index (χ1v) is 26.1. The highest BCUT2D eigenvalue weighted by atomic mass is 32.3. The first-order valence-electron chi connectivity index (χ1n) is 22.8. The van der Waals surface area contributed by atoms with Gasteiger partial charge >= 0.3 is 12.4 Å². The summed E-state index contributed by atoms with van der Waals surface area (Å²) in [4.78, 5) is 21.9. The Kier molecular flexibility index (Phi) is 31.6. The fourth-order valence-electron chi connectivity index (χ4n) is 6.53. The van der Waals surface area contributed by atoms with E-state index in [-0.39, 0.29) is 12.8 Å². The van der Waals surface area contributed by atoms with Crippen molar-refractivity contribution in [3.63, 3.8) is 0 Å². The standard InChI is InChI=1S/C24H39F3O3S.C24H37F3O2S/c1-3-5-7-9-18-31(29,19-10-8-6-4-2)20-17-30-22-14-11-21(12-15-22)13-16-23(28)24(25,26)27;1-2-3-4-5-6-7-8-9-10-11-19-30-20-18-29-22-15-12-21(13-16-22)14-17-23(28)24(25,26)27/h11-12,14-15,29H,3-10,13,16-20H2,1-2H3;12-13,15-16H,2-11,14,17-20H2,1H3. The Morgan fingerprint density at radius 2 is 0.869 bits per heavy atom. The largest absolute Gasteiger partial charge is 0.493 e. The van der Waals surface area contributed by atoms with Gasteiger partial charge in [0.2, 0.25) is 11.6 Å². The molecule has 0 atom stereocenters. The maximum atomic E-state index is 12.3. The Hall–Kier alpha value is -2.38. The fourth-order valence-corrected chi connectivity index (χ4v) is 9.83. The fraction of sp³-hybridized carbons (Fsp3) is 0.708. The van der Waals surface area contributed by atoms with Crippen LogP contribution in [0.15, 0.2) is 48.5 Å². The molecule has 352 valence electrons. The zero-order chi connectivity index (χ0) is 45.2. The van der Waals surface area contributed by atoms with Crippen LogP contribution < -0.4 is 9.47 Å². The number of alkyl halides is 6. The van der Waals surface area contributed by atoms with Gasteiger partial charge in [0.15, 0.2) is 0 Å². The van der Waals surface area contributed by atoms with Gasteiger partial charge in [-0.25, -0.2) is 0 Å². The molecule has 0 aromatic heterocycles. The van der Waals surface area contributed by atoms with Gasteiger partial charge in [0.05, 0.1) is 13.2 Å². The van der Waals surface area contributed by atoms with E-state index < -0.39 is 47.1 Å². The van der Waals surface area contributed by atoms with E-state index >= 15 is 0 Å². The van der Waals surface area contributed by atoms with Crippen molar-refractivity contribution in [2.45, 2.75) is 174 Å². The zero-order valence-electron chi connectivity index (χ0n) is 37.3. The minimum Gasteiger partial charge on any atom is -0.493 e. The first-order chi connectivity index (χ1) is 29.1. The number of aryl methyl sites for hydroxylation is 2. The number of hydrogen-bond acceptors (Lipinski definition) is 6. The second-order valence-electron chi connectivity index (χ2n) is 15.9. The minimum atomic E-state index is -4.77. The molecule has 0 saturated heterocycles. The number of hydrogen-bond donors (Lipinski definition) is 1. The molecule has 0 amide bonds. The van der Waals surface area contributed by atoms with Crippen LogP contribution in [0, 0.1) is 0 Å². The number of carbonyl (C=O) groups excluding carboxylic acids is 2. The molecule has 0 fully saturated rings. The minimum absolute atomic E-state index is 0.0536. The number of halogens is 6. The van der Waals surface area contributed by atoms with Gasteiger partial charge in [-0.2, -0.15) is 38.1 Å². The van der Waals surface area contributed by atoms with Gasteiger partial charge < -0.3 is 14.0 Å². The lowest BCUT2D eigenvalue weighted by Crippen LogP contribution is -2.22. The van der Waals surface area contributed by atoms with Crippen molar-refractivity contribution in [2.75, 3.05) is 42.0 Å². The number of unbranched alkanes of at least 4 members (excludes halogenated alkanes) is 15. The number of Topliss-reactive ketones (excluding diaryl/α,β-unsaturated/α-hetero) is 2. The predicted molar refractivity (Wildman–Crippen MR) is 245 cm³/mol. The molecule has 0 radical (unpaired) electrons.